The predicted molar refractivity (Wildman–Crippen MR) is 67.7 cm³/mol. The second-order valence-electron chi connectivity index (χ2n) is 4.74. The van der Waals surface area contributed by atoms with Gasteiger partial charge >= 0.3 is 11.9 Å². The number of ether oxygens (including phenoxy) is 4. The van der Waals surface area contributed by atoms with Crippen molar-refractivity contribution in [2.75, 3.05) is 19.8 Å². The van der Waals surface area contributed by atoms with Gasteiger partial charge in [0, 0.05) is 26.2 Å². The maximum atomic E-state index is 11.1. The van der Waals surface area contributed by atoms with Gasteiger partial charge in [0.25, 0.3) is 0 Å². The van der Waals surface area contributed by atoms with Crippen LogP contribution in [0.25, 0.3) is 0 Å². The molecule has 7 nitrogen and oxygen atoms in total. The summed E-state index contributed by atoms with van der Waals surface area (Å²) in [6, 6.07) is 0. The maximum Gasteiger partial charge on any atom is 0.302 e. The molecule has 0 unspecified atom stereocenters. The molecule has 0 aromatic carbocycles. The van der Waals surface area contributed by atoms with E-state index in [0.717, 1.165) is 0 Å². The van der Waals surface area contributed by atoms with Crippen molar-refractivity contribution in [3.8, 4) is 0 Å². The van der Waals surface area contributed by atoms with E-state index in [1.807, 2.05) is 6.92 Å². The molecular weight excluding hydrogens is 268 g/mol. The number of aliphatic hydroxyl groups excluding tert-OH is 1. The highest BCUT2D eigenvalue weighted by atomic mass is 16.7. The van der Waals surface area contributed by atoms with Gasteiger partial charge in [-0.3, -0.25) is 9.59 Å². The largest absolute Gasteiger partial charge is 0.463 e. The summed E-state index contributed by atoms with van der Waals surface area (Å²) in [5.74, 6) is -0.897. The number of hydrogen-bond acceptors (Lipinski definition) is 7. The highest BCUT2D eigenvalue weighted by Crippen LogP contribution is 2.28. The molecule has 0 saturated carbocycles. The first-order valence-corrected chi connectivity index (χ1v) is 6.62. The number of hydrogen-bond donors (Lipinski definition) is 1. The molecule has 1 rings (SSSR count). The van der Waals surface area contributed by atoms with Crippen LogP contribution in [0.1, 0.15) is 27.2 Å². The Hall–Kier alpha value is -1.18. The topological polar surface area (TPSA) is 91.3 Å². The minimum atomic E-state index is -0.594. The highest BCUT2D eigenvalue weighted by molar-refractivity contribution is 5.66. The summed E-state index contributed by atoms with van der Waals surface area (Å²) in [5.41, 5.74) is 0. The second-order valence-corrected chi connectivity index (χ2v) is 4.74. The van der Waals surface area contributed by atoms with Crippen molar-refractivity contribution in [2.45, 2.75) is 45.7 Å². The first kappa shape index (κ1) is 16.9. The van der Waals surface area contributed by atoms with Crippen LogP contribution in [0, 0.1) is 5.92 Å². The van der Waals surface area contributed by atoms with Gasteiger partial charge in [0.2, 0.25) is 0 Å². The Balaban J connectivity index is 2.64. The van der Waals surface area contributed by atoms with Crippen LogP contribution in [0.15, 0.2) is 0 Å². The fraction of sp³-hybridized carbons (Fsp3) is 0.846. The Labute approximate surface area is 118 Å². The number of esters is 2. The van der Waals surface area contributed by atoms with Crippen LogP contribution in [-0.2, 0) is 28.5 Å². The van der Waals surface area contributed by atoms with Gasteiger partial charge in [0.1, 0.15) is 18.8 Å². The molecule has 0 aromatic heterocycles. The third-order valence-electron chi connectivity index (χ3n) is 3.09. The van der Waals surface area contributed by atoms with Gasteiger partial charge in [-0.1, -0.05) is 6.92 Å². The van der Waals surface area contributed by atoms with Crippen LogP contribution in [0.3, 0.4) is 0 Å². The average molecular weight is 290 g/mol. The molecule has 0 amide bonds. The molecule has 0 bridgehead atoms. The van der Waals surface area contributed by atoms with Gasteiger partial charge in [-0.25, -0.2) is 0 Å². The normalized spacial score (nSPS) is 29.8. The Morgan fingerprint density at radius 1 is 1.30 bits per heavy atom. The number of aliphatic hydroxyl groups is 1. The lowest BCUT2D eigenvalue weighted by atomic mass is 9.92. The number of rotatable bonds is 6. The second kappa shape index (κ2) is 8.18. The molecule has 4 atom stereocenters. The Morgan fingerprint density at radius 2 is 2.00 bits per heavy atom. The summed E-state index contributed by atoms with van der Waals surface area (Å²) in [6.45, 7) is 4.61. The smallest absolute Gasteiger partial charge is 0.302 e. The zero-order chi connectivity index (χ0) is 15.1. The molecule has 7 heteroatoms. The zero-order valence-electron chi connectivity index (χ0n) is 12.0. The van der Waals surface area contributed by atoms with Crippen LogP contribution in [-0.4, -0.2) is 55.4 Å². The fourth-order valence-electron chi connectivity index (χ4n) is 2.07. The van der Waals surface area contributed by atoms with Crippen LogP contribution in [0.5, 0.6) is 0 Å². The van der Waals surface area contributed by atoms with Crippen LogP contribution in [0.2, 0.25) is 0 Å². The first-order chi connectivity index (χ1) is 9.43. The molecule has 0 aliphatic carbocycles. The summed E-state index contributed by atoms with van der Waals surface area (Å²) >= 11 is 0. The minimum absolute atomic E-state index is 0.0766. The van der Waals surface area contributed by atoms with Crippen LogP contribution >= 0.6 is 0 Å². The quantitative estimate of drug-likeness (QED) is 0.701. The van der Waals surface area contributed by atoms with Gasteiger partial charge in [-0.15, -0.1) is 0 Å². The van der Waals surface area contributed by atoms with Crippen molar-refractivity contribution < 1.29 is 33.6 Å². The predicted octanol–water partition coefficient (Wildman–Crippen LogP) is 0.241. The standard InChI is InChI=1S/C13H22O7/c1-8-11(19-10(3)16)6-13(17-5-4-14)20-12(8)7-18-9(2)15/h8,11-14H,4-7H2,1-3H3/t8-,11-,12-,13-/m1/s1. The Kier molecular flexibility index (Phi) is 6.90. The molecule has 1 N–H and O–H groups in total. The van der Waals surface area contributed by atoms with E-state index in [1.54, 1.807) is 0 Å². The van der Waals surface area contributed by atoms with Crippen molar-refractivity contribution in [2.24, 2.45) is 5.92 Å². The minimum Gasteiger partial charge on any atom is -0.463 e. The molecule has 1 saturated heterocycles. The van der Waals surface area contributed by atoms with E-state index in [0.29, 0.717) is 6.42 Å². The van der Waals surface area contributed by atoms with E-state index in [2.05, 4.69) is 0 Å². The average Bonchev–Trinajstić information content (AvgIpc) is 2.37. The molecule has 1 aliphatic heterocycles. The van der Waals surface area contributed by atoms with E-state index in [9.17, 15) is 9.59 Å². The Bertz CT molecular complexity index is 331. The summed E-state index contributed by atoms with van der Waals surface area (Å²) in [6.07, 6.45) is -0.994. The SMILES string of the molecule is CC(=O)OC[C@H]1O[C@@H](OCCO)C[C@@H](OC(C)=O)[C@H]1C. The summed E-state index contributed by atoms with van der Waals surface area (Å²) in [4.78, 5) is 22.0. The molecular formula is C13H22O7. The Morgan fingerprint density at radius 3 is 2.55 bits per heavy atom. The van der Waals surface area contributed by atoms with Gasteiger partial charge < -0.3 is 24.1 Å². The highest BCUT2D eigenvalue weighted by Gasteiger charge is 2.38. The van der Waals surface area contributed by atoms with E-state index in [1.165, 1.54) is 13.8 Å². The van der Waals surface area contributed by atoms with Crippen molar-refractivity contribution in [1.29, 1.82) is 0 Å². The van der Waals surface area contributed by atoms with Gasteiger partial charge in [-0.05, 0) is 0 Å². The lowest BCUT2D eigenvalue weighted by Crippen LogP contribution is -2.47. The molecule has 1 aliphatic rings. The monoisotopic (exact) mass is 290 g/mol. The van der Waals surface area contributed by atoms with Gasteiger partial charge in [0.15, 0.2) is 6.29 Å². The lowest BCUT2D eigenvalue weighted by molar-refractivity contribution is -0.248. The van der Waals surface area contributed by atoms with Crippen LogP contribution in [0.4, 0.5) is 0 Å². The van der Waals surface area contributed by atoms with Crippen molar-refractivity contribution in [3.63, 3.8) is 0 Å². The molecule has 1 fully saturated rings. The van der Waals surface area contributed by atoms with E-state index in [4.69, 9.17) is 24.1 Å². The zero-order valence-corrected chi connectivity index (χ0v) is 12.0. The lowest BCUT2D eigenvalue weighted by Gasteiger charge is -2.39. The van der Waals surface area contributed by atoms with Crippen molar-refractivity contribution in [1.82, 2.24) is 0 Å². The maximum absolute atomic E-state index is 11.1. The van der Waals surface area contributed by atoms with E-state index in [-0.39, 0.29) is 37.8 Å². The fourth-order valence-corrected chi connectivity index (χ4v) is 2.07. The molecule has 20 heavy (non-hydrogen) atoms. The molecule has 0 radical (unpaired) electrons. The van der Waals surface area contributed by atoms with Crippen molar-refractivity contribution in [3.05, 3.63) is 0 Å². The summed E-state index contributed by atoms with van der Waals surface area (Å²) < 4.78 is 21.2. The van der Waals surface area contributed by atoms with Gasteiger partial charge in [0.05, 0.1) is 13.2 Å². The third-order valence-corrected chi connectivity index (χ3v) is 3.09. The molecule has 0 aromatic rings. The van der Waals surface area contributed by atoms with E-state index >= 15 is 0 Å². The molecule has 0 spiro atoms. The summed E-state index contributed by atoms with van der Waals surface area (Å²) in [5, 5.41) is 8.77. The summed E-state index contributed by atoms with van der Waals surface area (Å²) in [7, 11) is 0. The number of carbonyl (C=O) groups is 2. The molecule has 1 heterocycles. The first-order valence-electron chi connectivity index (χ1n) is 6.62. The number of carbonyl (C=O) groups excluding carboxylic acids is 2. The van der Waals surface area contributed by atoms with Crippen molar-refractivity contribution >= 4 is 11.9 Å². The van der Waals surface area contributed by atoms with Crippen LogP contribution < -0.4 is 0 Å². The third kappa shape index (κ3) is 5.44. The van der Waals surface area contributed by atoms with E-state index < -0.39 is 18.4 Å². The van der Waals surface area contributed by atoms with Gasteiger partial charge in [-0.2, -0.15) is 0 Å². The molecule has 116 valence electrons.